The number of carbonyl (C=O) groups excluding carboxylic acids is 2. The Morgan fingerprint density at radius 2 is 1.82 bits per heavy atom. The third-order valence-corrected chi connectivity index (χ3v) is 7.01. The number of nitrogens with one attached hydrogen (secondary N) is 1. The molecule has 0 saturated heterocycles. The number of carboxylic acid groups (broad SMARTS) is 1. The summed E-state index contributed by atoms with van der Waals surface area (Å²) in [4.78, 5) is 45.2. The maximum Gasteiger partial charge on any atom is 0.335 e. The Hall–Kier alpha value is -4.28. The van der Waals surface area contributed by atoms with Gasteiger partial charge >= 0.3 is 5.97 Å². The van der Waals surface area contributed by atoms with Gasteiger partial charge in [-0.1, -0.05) is 19.1 Å². The van der Waals surface area contributed by atoms with Crippen LogP contribution in [-0.4, -0.2) is 81.7 Å². The van der Waals surface area contributed by atoms with E-state index in [-0.39, 0.29) is 36.0 Å². The van der Waals surface area contributed by atoms with Crippen LogP contribution >= 0.6 is 0 Å². The number of carbonyl (C=O) groups is 3. The molecule has 2 aromatic carbocycles. The van der Waals surface area contributed by atoms with Crippen molar-refractivity contribution in [2.24, 2.45) is 5.92 Å². The van der Waals surface area contributed by atoms with Crippen molar-refractivity contribution in [3.05, 3.63) is 89.2 Å². The van der Waals surface area contributed by atoms with Crippen LogP contribution in [0.1, 0.15) is 50.5 Å². The number of aromatic nitrogens is 1. The number of aliphatic hydroxyl groups excluding tert-OH is 1. The van der Waals surface area contributed by atoms with E-state index in [0.29, 0.717) is 42.2 Å². The lowest BCUT2D eigenvalue weighted by Crippen LogP contribution is -2.49. The van der Waals surface area contributed by atoms with E-state index in [2.05, 4.69) is 15.2 Å². The minimum Gasteiger partial charge on any atom is -0.488 e. The number of rotatable bonds is 9. The minimum atomic E-state index is -0.966. The zero-order chi connectivity index (χ0) is 28.8. The number of carboxylic acids is 1. The number of hydrogen-bond donors (Lipinski definition) is 3. The molecule has 2 heterocycles. The van der Waals surface area contributed by atoms with E-state index in [1.165, 1.54) is 12.4 Å². The summed E-state index contributed by atoms with van der Waals surface area (Å²) in [7, 11) is 1.96. The van der Waals surface area contributed by atoms with Gasteiger partial charge in [-0.3, -0.25) is 19.5 Å². The molecule has 10 nitrogen and oxygen atoms in total. The predicted molar refractivity (Wildman–Crippen MR) is 150 cm³/mol. The highest BCUT2D eigenvalue weighted by atomic mass is 16.5. The van der Waals surface area contributed by atoms with Crippen molar-refractivity contribution in [2.75, 3.05) is 32.1 Å². The third-order valence-electron chi connectivity index (χ3n) is 7.01. The number of pyridine rings is 1. The van der Waals surface area contributed by atoms with E-state index in [1.54, 1.807) is 66.4 Å². The van der Waals surface area contributed by atoms with Crippen LogP contribution in [-0.2, 0) is 6.54 Å². The summed E-state index contributed by atoms with van der Waals surface area (Å²) in [6.07, 6.45) is 2.77. The van der Waals surface area contributed by atoms with Crippen molar-refractivity contribution in [1.82, 2.24) is 14.8 Å². The third kappa shape index (κ3) is 6.83. The summed E-state index contributed by atoms with van der Waals surface area (Å²) in [5.74, 6) is -1.24. The van der Waals surface area contributed by atoms with E-state index < -0.39 is 12.0 Å². The number of ether oxygens (including phenoxy) is 1. The van der Waals surface area contributed by atoms with Crippen LogP contribution in [0.5, 0.6) is 5.75 Å². The van der Waals surface area contributed by atoms with Crippen LogP contribution in [0.4, 0.5) is 5.69 Å². The molecule has 3 N–H and O–H groups in total. The van der Waals surface area contributed by atoms with Crippen molar-refractivity contribution in [2.45, 2.75) is 32.5 Å². The molecule has 4 rings (SSSR count). The summed E-state index contributed by atoms with van der Waals surface area (Å²) >= 11 is 0. The molecular formula is C30H34N4O6. The molecule has 0 saturated carbocycles. The molecule has 0 aliphatic carbocycles. The summed E-state index contributed by atoms with van der Waals surface area (Å²) < 4.78 is 6.43. The quantitative estimate of drug-likeness (QED) is 0.372. The lowest BCUT2D eigenvalue weighted by atomic mass is 9.99. The number of amides is 2. The van der Waals surface area contributed by atoms with E-state index in [0.717, 1.165) is 5.56 Å². The molecule has 40 heavy (non-hydrogen) atoms. The molecule has 3 atom stereocenters. The lowest BCUT2D eigenvalue weighted by molar-refractivity contribution is 0.0341. The summed E-state index contributed by atoms with van der Waals surface area (Å²) in [5.41, 5.74) is 2.39. The van der Waals surface area contributed by atoms with Gasteiger partial charge in [0.15, 0.2) is 0 Å². The van der Waals surface area contributed by atoms with Crippen molar-refractivity contribution >= 4 is 23.5 Å². The first kappa shape index (κ1) is 28.7. The molecule has 0 bridgehead atoms. The smallest absolute Gasteiger partial charge is 0.335 e. The number of likely N-dealkylation sites (N-methyl/N-ethyl adjacent to an activating group) is 1. The van der Waals surface area contributed by atoms with Crippen LogP contribution in [0, 0.1) is 5.92 Å². The van der Waals surface area contributed by atoms with Gasteiger partial charge in [-0.15, -0.1) is 0 Å². The van der Waals surface area contributed by atoms with Gasteiger partial charge in [0, 0.05) is 49.2 Å². The maximum absolute atomic E-state index is 13.7. The molecule has 0 radical (unpaired) electrons. The Morgan fingerprint density at radius 3 is 2.48 bits per heavy atom. The van der Waals surface area contributed by atoms with Crippen molar-refractivity contribution < 1.29 is 29.3 Å². The number of benzene rings is 2. The summed E-state index contributed by atoms with van der Waals surface area (Å²) in [6, 6.07) is 14.5. The predicted octanol–water partition coefficient (Wildman–Crippen LogP) is 3.38. The zero-order valence-corrected chi connectivity index (χ0v) is 22.8. The Morgan fingerprint density at radius 1 is 1.12 bits per heavy atom. The number of nitrogens with zero attached hydrogens (tertiary/aromatic N) is 3. The van der Waals surface area contributed by atoms with Gasteiger partial charge < -0.3 is 25.2 Å². The molecule has 2 amide bonds. The van der Waals surface area contributed by atoms with Crippen LogP contribution in [0.15, 0.2) is 67.0 Å². The fourth-order valence-electron chi connectivity index (χ4n) is 4.66. The number of aliphatic hydroxyl groups is 1. The molecule has 210 valence electrons. The van der Waals surface area contributed by atoms with Gasteiger partial charge in [0.05, 0.1) is 23.8 Å². The van der Waals surface area contributed by atoms with E-state index in [9.17, 15) is 19.5 Å². The standard InChI is InChI=1S/C30H34N4O6/c1-19-15-34(20(2)18-35)29(37)25-14-24(32-28(36)22-10-12-31-13-11-22)8-9-26(25)40-27(19)17-33(3)16-21-4-6-23(7-5-21)30(38)39/h4-14,19-20,27,35H,15-18H2,1-3H3,(H,32,36)(H,38,39)/t19-,20+,27+/m0/s1. The second-order valence-electron chi connectivity index (χ2n) is 10.2. The molecule has 1 aliphatic heterocycles. The molecule has 0 spiro atoms. The highest BCUT2D eigenvalue weighted by Gasteiger charge is 2.33. The Kier molecular flexibility index (Phi) is 9.13. The summed E-state index contributed by atoms with van der Waals surface area (Å²) in [5, 5.41) is 21.9. The average Bonchev–Trinajstić information content (AvgIpc) is 2.95. The molecule has 1 aliphatic rings. The first-order valence-corrected chi connectivity index (χ1v) is 13.1. The Labute approximate surface area is 233 Å². The zero-order valence-electron chi connectivity index (χ0n) is 22.8. The number of anilines is 1. The SMILES string of the molecule is C[C@H](CO)N1C[C@H](C)[C@@H](CN(C)Cc2ccc(C(=O)O)cc2)Oc2ccc(NC(=O)c3ccncc3)cc2C1=O. The normalized spacial score (nSPS) is 17.8. The second kappa shape index (κ2) is 12.7. The van der Waals surface area contributed by atoms with E-state index in [4.69, 9.17) is 9.84 Å². The highest BCUT2D eigenvalue weighted by molar-refractivity contribution is 6.05. The summed E-state index contributed by atoms with van der Waals surface area (Å²) in [6.45, 7) is 5.11. The molecule has 0 unspecified atom stereocenters. The van der Waals surface area contributed by atoms with E-state index in [1.807, 2.05) is 14.0 Å². The lowest BCUT2D eigenvalue weighted by Gasteiger charge is -2.38. The van der Waals surface area contributed by atoms with Gasteiger partial charge in [-0.25, -0.2) is 4.79 Å². The second-order valence-corrected chi connectivity index (χ2v) is 10.2. The van der Waals surface area contributed by atoms with Gasteiger partial charge in [-0.2, -0.15) is 0 Å². The van der Waals surface area contributed by atoms with Gasteiger partial charge in [0.25, 0.3) is 11.8 Å². The van der Waals surface area contributed by atoms with Crippen molar-refractivity contribution in [1.29, 1.82) is 0 Å². The first-order chi connectivity index (χ1) is 19.2. The topological polar surface area (TPSA) is 132 Å². The van der Waals surface area contributed by atoms with Gasteiger partial charge in [0.2, 0.25) is 0 Å². The van der Waals surface area contributed by atoms with Crippen LogP contribution < -0.4 is 10.1 Å². The van der Waals surface area contributed by atoms with Crippen LogP contribution in [0.3, 0.4) is 0 Å². The Balaban J connectivity index is 1.57. The highest BCUT2D eigenvalue weighted by Crippen LogP contribution is 2.31. The molecule has 1 aromatic heterocycles. The maximum atomic E-state index is 13.7. The Bertz CT molecular complexity index is 1350. The van der Waals surface area contributed by atoms with Crippen LogP contribution in [0.25, 0.3) is 0 Å². The van der Waals surface area contributed by atoms with E-state index >= 15 is 0 Å². The van der Waals surface area contributed by atoms with Crippen molar-refractivity contribution in [3.8, 4) is 5.75 Å². The molecule has 0 fully saturated rings. The number of aromatic carboxylic acids is 1. The monoisotopic (exact) mass is 546 g/mol. The minimum absolute atomic E-state index is 0.0611. The number of fused-ring (bicyclic) bond motifs is 1. The largest absolute Gasteiger partial charge is 0.488 e. The van der Waals surface area contributed by atoms with Crippen LogP contribution in [0.2, 0.25) is 0 Å². The molecule has 3 aromatic rings. The molecular weight excluding hydrogens is 512 g/mol. The fraction of sp³-hybridized carbons (Fsp3) is 0.333. The molecule has 10 heteroatoms. The average molecular weight is 547 g/mol. The number of hydrogen-bond acceptors (Lipinski definition) is 7. The fourth-order valence-corrected chi connectivity index (χ4v) is 4.66. The van der Waals surface area contributed by atoms with Crippen molar-refractivity contribution in [3.63, 3.8) is 0 Å². The first-order valence-electron chi connectivity index (χ1n) is 13.1. The van der Waals surface area contributed by atoms with Gasteiger partial charge in [0.1, 0.15) is 11.9 Å². The van der Waals surface area contributed by atoms with Gasteiger partial charge in [-0.05, 0) is 62.0 Å².